The molecule has 0 radical (unpaired) electrons. The molecule has 132 valence electrons. The molecule has 0 spiro atoms. The van der Waals surface area contributed by atoms with Crippen LogP contribution in [0.15, 0.2) is 54.7 Å². The van der Waals surface area contributed by atoms with E-state index in [9.17, 15) is 9.59 Å². The van der Waals surface area contributed by atoms with Crippen molar-refractivity contribution < 1.29 is 14.3 Å². The number of H-pyrrole nitrogens is 1. The summed E-state index contributed by atoms with van der Waals surface area (Å²) in [5.41, 5.74) is 1.16. The second-order valence-electron chi connectivity index (χ2n) is 6.45. The topological polar surface area (TPSA) is 83.2 Å². The van der Waals surface area contributed by atoms with Gasteiger partial charge in [0.1, 0.15) is 5.75 Å². The van der Waals surface area contributed by atoms with Crippen LogP contribution in [0, 0.1) is 0 Å². The van der Waals surface area contributed by atoms with Gasteiger partial charge in [0.2, 0.25) is 0 Å². The standard InChI is InChI=1S/C20H19N3O3/c1-20(19(25)23-16-8-4-5-9-17(16)26-20)18(24)21-11-10-13-12-22-15-7-3-2-6-14(13)15/h2-9,12,22H,10-11H2,1H3,(H,21,24)(H,23,25). The molecule has 0 aliphatic carbocycles. The summed E-state index contributed by atoms with van der Waals surface area (Å²) in [5.74, 6) is -0.438. The quantitative estimate of drug-likeness (QED) is 0.633. The zero-order valence-corrected chi connectivity index (χ0v) is 14.3. The zero-order chi connectivity index (χ0) is 18.1. The van der Waals surface area contributed by atoms with E-state index in [4.69, 9.17) is 4.74 Å². The van der Waals surface area contributed by atoms with Crippen LogP contribution in [0.25, 0.3) is 10.9 Å². The molecule has 1 aliphatic rings. The maximum absolute atomic E-state index is 12.6. The van der Waals surface area contributed by atoms with E-state index in [2.05, 4.69) is 15.6 Å². The zero-order valence-electron chi connectivity index (χ0n) is 14.3. The third kappa shape index (κ3) is 2.69. The number of rotatable bonds is 4. The van der Waals surface area contributed by atoms with Crippen molar-refractivity contribution in [3.63, 3.8) is 0 Å². The Morgan fingerprint density at radius 1 is 1.15 bits per heavy atom. The Labute approximate surface area is 150 Å². The van der Waals surface area contributed by atoms with Gasteiger partial charge in [-0.05, 0) is 37.1 Å². The molecule has 4 rings (SSSR count). The maximum Gasteiger partial charge on any atom is 0.278 e. The van der Waals surface area contributed by atoms with Gasteiger partial charge in [-0.25, -0.2) is 0 Å². The third-order valence-corrected chi connectivity index (χ3v) is 4.67. The first-order valence-corrected chi connectivity index (χ1v) is 8.51. The molecule has 2 aromatic carbocycles. The van der Waals surface area contributed by atoms with Crippen LogP contribution in [0.5, 0.6) is 5.75 Å². The van der Waals surface area contributed by atoms with Crippen molar-refractivity contribution in [2.24, 2.45) is 0 Å². The third-order valence-electron chi connectivity index (χ3n) is 4.67. The first-order valence-electron chi connectivity index (χ1n) is 8.51. The van der Waals surface area contributed by atoms with Crippen LogP contribution in [0.4, 0.5) is 5.69 Å². The normalized spacial score (nSPS) is 18.7. The first kappa shape index (κ1) is 16.2. The molecule has 26 heavy (non-hydrogen) atoms. The van der Waals surface area contributed by atoms with Gasteiger partial charge in [0.25, 0.3) is 17.4 Å². The second kappa shape index (κ2) is 6.22. The van der Waals surface area contributed by atoms with Gasteiger partial charge in [0.15, 0.2) is 0 Å². The van der Waals surface area contributed by atoms with E-state index < -0.39 is 17.4 Å². The Bertz CT molecular complexity index is 995. The minimum absolute atomic E-state index is 0.411. The van der Waals surface area contributed by atoms with Crippen LogP contribution in [-0.4, -0.2) is 28.9 Å². The van der Waals surface area contributed by atoms with Crippen molar-refractivity contribution in [2.45, 2.75) is 18.9 Å². The lowest BCUT2D eigenvalue weighted by molar-refractivity contribution is -0.146. The Hall–Kier alpha value is -3.28. The van der Waals surface area contributed by atoms with Gasteiger partial charge in [-0.3, -0.25) is 9.59 Å². The average Bonchev–Trinajstić information content (AvgIpc) is 3.06. The number of ether oxygens (including phenoxy) is 1. The SMILES string of the molecule is CC1(C(=O)NCCc2c[nH]c3ccccc23)Oc2ccccc2NC1=O. The van der Waals surface area contributed by atoms with E-state index >= 15 is 0 Å². The molecule has 1 aliphatic heterocycles. The Morgan fingerprint density at radius 3 is 2.81 bits per heavy atom. The number of amides is 2. The summed E-state index contributed by atoms with van der Waals surface area (Å²) < 4.78 is 5.72. The summed E-state index contributed by atoms with van der Waals surface area (Å²) >= 11 is 0. The van der Waals surface area contributed by atoms with Gasteiger partial charge in [-0.1, -0.05) is 30.3 Å². The smallest absolute Gasteiger partial charge is 0.278 e. The average molecular weight is 349 g/mol. The fourth-order valence-corrected chi connectivity index (χ4v) is 3.13. The highest BCUT2D eigenvalue weighted by atomic mass is 16.5. The monoisotopic (exact) mass is 349 g/mol. The Balaban J connectivity index is 1.44. The van der Waals surface area contributed by atoms with Crippen LogP contribution in [0.1, 0.15) is 12.5 Å². The van der Waals surface area contributed by atoms with Crippen LogP contribution in [0.2, 0.25) is 0 Å². The molecular weight excluding hydrogens is 330 g/mol. The van der Waals surface area contributed by atoms with Gasteiger partial charge in [0, 0.05) is 23.6 Å². The molecular formula is C20H19N3O3. The number of para-hydroxylation sites is 3. The maximum atomic E-state index is 12.6. The number of carbonyl (C=O) groups excluding carboxylic acids is 2. The van der Waals surface area contributed by atoms with Crippen molar-refractivity contribution in [3.05, 3.63) is 60.3 Å². The summed E-state index contributed by atoms with van der Waals surface area (Å²) in [6, 6.07) is 15.1. The first-order chi connectivity index (χ1) is 12.6. The Kier molecular flexibility index (Phi) is 3.88. The molecule has 3 aromatic rings. The number of hydrogen-bond donors (Lipinski definition) is 3. The molecule has 1 unspecified atom stereocenters. The number of carbonyl (C=O) groups is 2. The summed E-state index contributed by atoms with van der Waals surface area (Å²) in [4.78, 5) is 28.2. The summed E-state index contributed by atoms with van der Waals surface area (Å²) in [5, 5.41) is 6.68. The van der Waals surface area contributed by atoms with Gasteiger partial charge < -0.3 is 20.4 Å². The number of benzene rings is 2. The van der Waals surface area contributed by atoms with Crippen LogP contribution < -0.4 is 15.4 Å². The number of nitrogens with one attached hydrogen (secondary N) is 3. The Morgan fingerprint density at radius 2 is 1.92 bits per heavy atom. The van der Waals surface area contributed by atoms with Gasteiger partial charge in [0.05, 0.1) is 5.69 Å². The summed E-state index contributed by atoms with van der Waals surface area (Å²) in [7, 11) is 0. The summed E-state index contributed by atoms with van der Waals surface area (Å²) in [6.07, 6.45) is 2.60. The highest BCUT2D eigenvalue weighted by molar-refractivity contribution is 6.15. The lowest BCUT2D eigenvalue weighted by atomic mass is 10.0. The number of fused-ring (bicyclic) bond motifs is 2. The van der Waals surface area contributed by atoms with E-state index in [1.807, 2.05) is 30.5 Å². The minimum Gasteiger partial charge on any atom is -0.466 e. The number of aromatic nitrogens is 1. The molecule has 0 saturated carbocycles. The molecule has 1 atom stereocenters. The highest BCUT2D eigenvalue weighted by Crippen LogP contribution is 2.33. The van der Waals surface area contributed by atoms with Gasteiger partial charge >= 0.3 is 0 Å². The molecule has 1 aromatic heterocycles. The molecule has 3 N–H and O–H groups in total. The predicted octanol–water partition coefficient (Wildman–Crippen LogP) is 2.62. The molecule has 0 fully saturated rings. The second-order valence-corrected chi connectivity index (χ2v) is 6.45. The number of aromatic amines is 1. The molecule has 6 nitrogen and oxygen atoms in total. The van der Waals surface area contributed by atoms with Crippen LogP contribution in [0.3, 0.4) is 0 Å². The minimum atomic E-state index is -1.59. The fraction of sp³-hybridized carbons (Fsp3) is 0.200. The predicted molar refractivity (Wildman–Crippen MR) is 99.1 cm³/mol. The summed E-state index contributed by atoms with van der Waals surface area (Å²) in [6.45, 7) is 1.90. The van der Waals surface area contributed by atoms with Gasteiger partial charge in [-0.15, -0.1) is 0 Å². The fourth-order valence-electron chi connectivity index (χ4n) is 3.13. The molecule has 0 saturated heterocycles. The number of anilines is 1. The highest BCUT2D eigenvalue weighted by Gasteiger charge is 2.46. The van der Waals surface area contributed by atoms with E-state index in [1.54, 1.807) is 24.3 Å². The molecule has 2 heterocycles. The van der Waals surface area contributed by atoms with Crippen LogP contribution in [-0.2, 0) is 16.0 Å². The van der Waals surface area contributed by atoms with E-state index in [0.717, 1.165) is 16.5 Å². The van der Waals surface area contributed by atoms with Crippen molar-refractivity contribution >= 4 is 28.4 Å². The van der Waals surface area contributed by atoms with Crippen molar-refractivity contribution in [1.82, 2.24) is 10.3 Å². The van der Waals surface area contributed by atoms with E-state index in [-0.39, 0.29) is 0 Å². The van der Waals surface area contributed by atoms with E-state index in [1.165, 1.54) is 6.92 Å². The number of hydrogen-bond acceptors (Lipinski definition) is 3. The van der Waals surface area contributed by atoms with Gasteiger partial charge in [-0.2, -0.15) is 0 Å². The van der Waals surface area contributed by atoms with Crippen LogP contribution >= 0.6 is 0 Å². The lowest BCUT2D eigenvalue weighted by Gasteiger charge is -2.33. The largest absolute Gasteiger partial charge is 0.466 e. The molecule has 2 amide bonds. The van der Waals surface area contributed by atoms with Crippen molar-refractivity contribution in [3.8, 4) is 5.75 Å². The molecule has 0 bridgehead atoms. The van der Waals surface area contributed by atoms with Crippen molar-refractivity contribution in [2.75, 3.05) is 11.9 Å². The van der Waals surface area contributed by atoms with Crippen molar-refractivity contribution in [1.29, 1.82) is 0 Å². The lowest BCUT2D eigenvalue weighted by Crippen LogP contribution is -2.58. The van der Waals surface area contributed by atoms with E-state index in [0.29, 0.717) is 24.4 Å². The molecule has 6 heteroatoms.